The number of rotatable bonds is 11. The van der Waals surface area contributed by atoms with Crippen molar-refractivity contribution in [2.75, 3.05) is 27.9 Å². The highest BCUT2D eigenvalue weighted by Gasteiger charge is 2.27. The average Bonchev–Trinajstić information content (AvgIpc) is 3.20. The molecule has 0 saturated carbocycles. The quantitative estimate of drug-likeness (QED) is 0.377. The predicted molar refractivity (Wildman–Crippen MR) is 145 cm³/mol. The third-order valence-corrected chi connectivity index (χ3v) is 6.27. The predicted octanol–water partition coefficient (Wildman–Crippen LogP) is 4.00. The van der Waals surface area contributed by atoms with Gasteiger partial charge in [-0.25, -0.2) is 9.78 Å². The first-order valence-corrected chi connectivity index (χ1v) is 12.1. The number of nitrogens with zero attached hydrogens (tertiary/aromatic N) is 2. The van der Waals surface area contributed by atoms with Gasteiger partial charge in [0.25, 0.3) is 0 Å². The van der Waals surface area contributed by atoms with Crippen LogP contribution >= 0.6 is 0 Å². The minimum absolute atomic E-state index is 0.118. The lowest BCUT2D eigenvalue weighted by Gasteiger charge is -2.15. The van der Waals surface area contributed by atoms with Crippen molar-refractivity contribution in [1.29, 1.82) is 0 Å². The van der Waals surface area contributed by atoms with Crippen LogP contribution in [0.15, 0.2) is 54.5 Å². The summed E-state index contributed by atoms with van der Waals surface area (Å²) in [7, 11) is 4.48. The smallest absolute Gasteiger partial charge is 0.341 e. The minimum atomic E-state index is -1.12. The van der Waals surface area contributed by atoms with E-state index >= 15 is 0 Å². The molecule has 0 spiro atoms. The number of aliphatic carboxylic acids is 1. The Bertz CT molecular complexity index is 1420. The number of ether oxygens (including phenoxy) is 4. The molecular weight excluding hydrogens is 502 g/mol. The lowest BCUT2D eigenvalue weighted by atomic mass is 10.0. The zero-order valence-electron chi connectivity index (χ0n) is 22.1. The fourth-order valence-corrected chi connectivity index (χ4v) is 4.34. The molecule has 1 aliphatic carbocycles. The van der Waals surface area contributed by atoms with Gasteiger partial charge in [-0.05, 0) is 70.7 Å². The van der Waals surface area contributed by atoms with Crippen molar-refractivity contribution < 1.29 is 33.6 Å². The summed E-state index contributed by atoms with van der Waals surface area (Å²) >= 11 is 0. The summed E-state index contributed by atoms with van der Waals surface area (Å²) in [5.41, 5.74) is 6.07. The zero-order chi connectivity index (χ0) is 27.9. The van der Waals surface area contributed by atoms with Gasteiger partial charge in [-0.15, -0.1) is 0 Å². The zero-order valence-corrected chi connectivity index (χ0v) is 22.1. The SMILES string of the molecule is COc1cc2c(cn1)/C(=C\c1cc(OC)c(OCC(=O)O)c(OC)c1)C(C)=C2CC(=O)NCc1ccncc1. The van der Waals surface area contributed by atoms with Crippen LogP contribution in [0.3, 0.4) is 0 Å². The molecule has 3 aromatic rings. The molecule has 39 heavy (non-hydrogen) atoms. The van der Waals surface area contributed by atoms with Gasteiger partial charge < -0.3 is 29.4 Å². The van der Waals surface area contributed by atoms with E-state index in [2.05, 4.69) is 15.3 Å². The number of hydrogen-bond acceptors (Lipinski definition) is 8. The van der Waals surface area contributed by atoms with Crippen molar-refractivity contribution in [2.24, 2.45) is 0 Å². The van der Waals surface area contributed by atoms with E-state index in [-0.39, 0.29) is 18.1 Å². The Hall–Kier alpha value is -4.86. The Morgan fingerprint density at radius 3 is 2.31 bits per heavy atom. The van der Waals surface area contributed by atoms with Crippen LogP contribution in [0.1, 0.15) is 35.6 Å². The first-order chi connectivity index (χ1) is 18.8. The number of carbonyl (C=O) groups excluding carboxylic acids is 1. The van der Waals surface area contributed by atoms with Crippen LogP contribution in [0.25, 0.3) is 17.2 Å². The largest absolute Gasteiger partial charge is 0.493 e. The molecule has 0 bridgehead atoms. The number of pyridine rings is 2. The van der Waals surface area contributed by atoms with E-state index in [0.29, 0.717) is 23.9 Å². The Morgan fingerprint density at radius 1 is 1.00 bits per heavy atom. The number of carbonyl (C=O) groups is 2. The van der Waals surface area contributed by atoms with Gasteiger partial charge in [-0.2, -0.15) is 0 Å². The summed E-state index contributed by atoms with van der Waals surface area (Å²) in [6.45, 7) is 1.82. The molecular formula is C29H29N3O7. The lowest BCUT2D eigenvalue weighted by Crippen LogP contribution is -2.22. The van der Waals surface area contributed by atoms with E-state index in [1.165, 1.54) is 14.2 Å². The fourth-order valence-electron chi connectivity index (χ4n) is 4.34. The van der Waals surface area contributed by atoms with Crippen molar-refractivity contribution >= 4 is 29.1 Å². The average molecular weight is 532 g/mol. The number of benzene rings is 1. The number of amides is 1. The third-order valence-electron chi connectivity index (χ3n) is 6.27. The maximum absolute atomic E-state index is 12.9. The van der Waals surface area contributed by atoms with Crippen LogP contribution < -0.4 is 24.3 Å². The summed E-state index contributed by atoms with van der Waals surface area (Å²) in [6.07, 6.45) is 7.21. The van der Waals surface area contributed by atoms with Crippen molar-refractivity contribution in [3.8, 4) is 23.1 Å². The van der Waals surface area contributed by atoms with E-state index < -0.39 is 12.6 Å². The molecule has 1 aromatic carbocycles. The number of carboxylic acids is 1. The van der Waals surface area contributed by atoms with Gasteiger partial charge in [0.05, 0.1) is 27.8 Å². The van der Waals surface area contributed by atoms with Gasteiger partial charge in [0, 0.05) is 36.8 Å². The van der Waals surface area contributed by atoms with Gasteiger partial charge >= 0.3 is 5.97 Å². The maximum Gasteiger partial charge on any atom is 0.341 e. The Kier molecular flexibility index (Phi) is 8.45. The maximum atomic E-state index is 12.9. The standard InChI is InChI=1S/C29H29N3O7/c1-17-20(9-19-10-24(36-2)29(25(11-19)37-3)39-16-28(34)35)23-15-32-27(38-4)13-22(23)21(17)12-26(33)31-14-18-5-7-30-8-6-18/h5-11,13,15H,12,14,16H2,1-4H3,(H,31,33)(H,34,35)/b20-9-. The molecule has 0 unspecified atom stereocenters. The summed E-state index contributed by atoms with van der Waals surface area (Å²) < 4.78 is 21.7. The topological polar surface area (TPSA) is 129 Å². The van der Waals surface area contributed by atoms with Gasteiger partial charge in [-0.1, -0.05) is 0 Å². The van der Waals surface area contributed by atoms with Gasteiger partial charge in [0.2, 0.25) is 17.5 Å². The molecule has 0 fully saturated rings. The lowest BCUT2D eigenvalue weighted by molar-refractivity contribution is -0.139. The molecule has 0 saturated heterocycles. The molecule has 0 aliphatic heterocycles. The summed E-state index contributed by atoms with van der Waals surface area (Å²) in [5.74, 6) is 0.0559. The van der Waals surface area contributed by atoms with Crippen LogP contribution in [-0.4, -0.2) is 54.9 Å². The number of carboxylic acid groups (broad SMARTS) is 1. The van der Waals surface area contributed by atoms with Crippen molar-refractivity contribution in [2.45, 2.75) is 19.9 Å². The Morgan fingerprint density at radius 2 is 1.69 bits per heavy atom. The van der Waals surface area contributed by atoms with Crippen LogP contribution in [-0.2, 0) is 16.1 Å². The van der Waals surface area contributed by atoms with Crippen molar-refractivity contribution in [3.63, 3.8) is 0 Å². The number of aromatic nitrogens is 2. The molecule has 0 atom stereocenters. The second kappa shape index (κ2) is 12.1. The van der Waals surface area contributed by atoms with Crippen LogP contribution in [0.4, 0.5) is 0 Å². The monoisotopic (exact) mass is 531 g/mol. The summed E-state index contributed by atoms with van der Waals surface area (Å²) in [6, 6.07) is 9.00. The molecule has 202 valence electrons. The number of hydrogen-bond donors (Lipinski definition) is 2. The van der Waals surface area contributed by atoms with Gasteiger partial charge in [-0.3, -0.25) is 9.78 Å². The van der Waals surface area contributed by atoms with Crippen molar-refractivity contribution in [3.05, 3.63) is 76.7 Å². The molecule has 2 N–H and O–H groups in total. The molecule has 4 rings (SSSR count). The highest BCUT2D eigenvalue weighted by atomic mass is 16.5. The molecule has 2 heterocycles. The van der Waals surface area contributed by atoms with E-state index in [1.54, 1.807) is 37.8 Å². The van der Waals surface area contributed by atoms with E-state index in [4.69, 9.17) is 24.1 Å². The third kappa shape index (κ3) is 6.18. The second-order valence-electron chi connectivity index (χ2n) is 8.68. The normalized spacial score (nSPS) is 13.2. The molecule has 10 heteroatoms. The van der Waals surface area contributed by atoms with Crippen LogP contribution in [0.5, 0.6) is 23.1 Å². The number of fused-ring (bicyclic) bond motifs is 1. The fraction of sp³-hybridized carbons (Fsp3) is 0.241. The van der Waals surface area contributed by atoms with Crippen LogP contribution in [0.2, 0.25) is 0 Å². The number of nitrogens with one attached hydrogen (secondary N) is 1. The molecule has 2 aromatic heterocycles. The van der Waals surface area contributed by atoms with Gasteiger partial charge in [0.1, 0.15) is 0 Å². The minimum Gasteiger partial charge on any atom is -0.493 e. The van der Waals surface area contributed by atoms with E-state index in [1.807, 2.05) is 31.2 Å². The molecule has 1 amide bonds. The van der Waals surface area contributed by atoms with Crippen LogP contribution in [0, 0.1) is 0 Å². The number of allylic oxidation sites excluding steroid dienone is 2. The molecule has 0 radical (unpaired) electrons. The summed E-state index contributed by atoms with van der Waals surface area (Å²) in [5, 5.41) is 12.0. The highest BCUT2D eigenvalue weighted by molar-refractivity contribution is 6.08. The summed E-state index contributed by atoms with van der Waals surface area (Å²) in [4.78, 5) is 32.4. The molecule has 1 aliphatic rings. The Balaban J connectivity index is 1.70. The van der Waals surface area contributed by atoms with Crippen molar-refractivity contribution in [1.82, 2.24) is 15.3 Å². The Labute approximate surface area is 225 Å². The first-order valence-electron chi connectivity index (χ1n) is 12.1. The second-order valence-corrected chi connectivity index (χ2v) is 8.68. The van der Waals surface area contributed by atoms with E-state index in [9.17, 15) is 9.59 Å². The molecule has 10 nitrogen and oxygen atoms in total. The first kappa shape index (κ1) is 27.2. The number of methoxy groups -OCH3 is 3. The van der Waals surface area contributed by atoms with E-state index in [0.717, 1.165) is 39.0 Å². The van der Waals surface area contributed by atoms with Gasteiger partial charge in [0.15, 0.2) is 18.1 Å². The highest BCUT2D eigenvalue weighted by Crippen LogP contribution is 2.45.